The van der Waals surface area contributed by atoms with Crippen LogP contribution in [0.3, 0.4) is 0 Å². The number of hydrogen-bond donors (Lipinski definition) is 1. The summed E-state index contributed by atoms with van der Waals surface area (Å²) in [4.78, 5) is 11.0. The number of hydrogen-bond acceptors (Lipinski definition) is 2. The van der Waals surface area contributed by atoms with Gasteiger partial charge in [0.25, 0.3) is 0 Å². The lowest BCUT2D eigenvalue weighted by Crippen LogP contribution is -1.94. The Balaban J connectivity index is 0.000000423. The maximum Gasteiger partial charge on any atom is 0.162 e. The molecule has 0 aliphatic rings. The SMILES string of the molecule is CCC(=O)c1ccc(O)cc1.CCCC. The number of rotatable bonds is 3. The number of benzene rings is 1. The minimum atomic E-state index is 0.102. The minimum Gasteiger partial charge on any atom is -0.508 e. The van der Waals surface area contributed by atoms with Gasteiger partial charge in [-0.1, -0.05) is 33.6 Å². The molecule has 2 nitrogen and oxygen atoms in total. The first-order valence-electron chi connectivity index (χ1n) is 5.47. The summed E-state index contributed by atoms with van der Waals surface area (Å²) in [6, 6.07) is 6.29. The fourth-order valence-corrected chi connectivity index (χ4v) is 0.851. The van der Waals surface area contributed by atoms with Crippen molar-refractivity contribution in [3.8, 4) is 5.75 Å². The topological polar surface area (TPSA) is 37.3 Å². The zero-order valence-corrected chi connectivity index (χ0v) is 9.79. The van der Waals surface area contributed by atoms with Gasteiger partial charge in [-0.15, -0.1) is 0 Å². The zero-order chi connectivity index (χ0) is 11.7. The number of aromatic hydroxyl groups is 1. The van der Waals surface area contributed by atoms with E-state index in [2.05, 4.69) is 13.8 Å². The third kappa shape index (κ3) is 5.89. The number of ketones is 1. The summed E-state index contributed by atoms with van der Waals surface area (Å²) >= 11 is 0. The Kier molecular flexibility index (Phi) is 7.33. The number of phenolic OH excluding ortho intramolecular Hbond substituents is 1. The largest absolute Gasteiger partial charge is 0.508 e. The van der Waals surface area contributed by atoms with Crippen molar-refractivity contribution in [2.24, 2.45) is 0 Å². The normalized spacial score (nSPS) is 9.00. The standard InChI is InChI=1S/C9H10O2.C4H10/c1-2-9(11)7-3-5-8(10)6-4-7;1-3-4-2/h3-6,10H,2H2,1H3;3-4H2,1-2H3. The molecule has 1 rings (SSSR count). The molecule has 1 aromatic carbocycles. The van der Waals surface area contributed by atoms with Crippen molar-refractivity contribution in [1.82, 2.24) is 0 Å². The van der Waals surface area contributed by atoms with Crippen molar-refractivity contribution >= 4 is 5.78 Å². The third-order valence-corrected chi connectivity index (χ3v) is 2.01. The van der Waals surface area contributed by atoms with E-state index in [0.29, 0.717) is 12.0 Å². The lowest BCUT2D eigenvalue weighted by Gasteiger charge is -1.96. The van der Waals surface area contributed by atoms with Gasteiger partial charge in [-0.3, -0.25) is 4.79 Å². The molecule has 0 aromatic heterocycles. The van der Waals surface area contributed by atoms with Crippen LogP contribution in [0.5, 0.6) is 5.75 Å². The molecule has 0 atom stereocenters. The van der Waals surface area contributed by atoms with Gasteiger partial charge in [-0.05, 0) is 24.3 Å². The van der Waals surface area contributed by atoms with Crippen LogP contribution in [0, 0.1) is 0 Å². The fraction of sp³-hybridized carbons (Fsp3) is 0.462. The molecule has 1 aromatic rings. The van der Waals surface area contributed by atoms with E-state index >= 15 is 0 Å². The molecule has 0 saturated carbocycles. The van der Waals surface area contributed by atoms with E-state index < -0.39 is 0 Å². The maximum atomic E-state index is 11.0. The Labute approximate surface area is 91.9 Å². The molecule has 2 heteroatoms. The summed E-state index contributed by atoms with van der Waals surface area (Å²) in [5.41, 5.74) is 0.658. The summed E-state index contributed by atoms with van der Waals surface area (Å²) in [5, 5.41) is 8.90. The van der Waals surface area contributed by atoms with Crippen LogP contribution < -0.4 is 0 Å². The van der Waals surface area contributed by atoms with Crippen molar-refractivity contribution in [2.45, 2.75) is 40.0 Å². The zero-order valence-electron chi connectivity index (χ0n) is 9.79. The van der Waals surface area contributed by atoms with Crippen LogP contribution in [0.4, 0.5) is 0 Å². The first kappa shape index (κ1) is 13.7. The molecule has 0 radical (unpaired) electrons. The van der Waals surface area contributed by atoms with Gasteiger partial charge in [-0.25, -0.2) is 0 Å². The average molecular weight is 208 g/mol. The number of phenols is 1. The Morgan fingerprint density at radius 1 is 1.07 bits per heavy atom. The highest BCUT2D eigenvalue weighted by Gasteiger charge is 2.00. The molecule has 0 aliphatic heterocycles. The van der Waals surface area contributed by atoms with E-state index in [9.17, 15) is 4.79 Å². The number of carbonyl (C=O) groups excluding carboxylic acids is 1. The van der Waals surface area contributed by atoms with E-state index in [0.717, 1.165) is 0 Å². The number of Topliss-reactive ketones (excluding diaryl/α,β-unsaturated/α-hetero) is 1. The van der Waals surface area contributed by atoms with Gasteiger partial charge in [0.2, 0.25) is 0 Å². The van der Waals surface area contributed by atoms with Crippen LogP contribution in [0.1, 0.15) is 50.4 Å². The van der Waals surface area contributed by atoms with E-state index in [4.69, 9.17) is 5.11 Å². The maximum absolute atomic E-state index is 11.0. The molecule has 15 heavy (non-hydrogen) atoms. The third-order valence-electron chi connectivity index (χ3n) is 2.01. The lowest BCUT2D eigenvalue weighted by atomic mass is 10.1. The van der Waals surface area contributed by atoms with E-state index in [1.807, 2.05) is 6.92 Å². The summed E-state index contributed by atoms with van der Waals surface area (Å²) in [6.07, 6.45) is 3.14. The van der Waals surface area contributed by atoms with Crippen molar-refractivity contribution in [3.63, 3.8) is 0 Å². The fourth-order valence-electron chi connectivity index (χ4n) is 0.851. The predicted molar refractivity (Wildman–Crippen MR) is 63.3 cm³/mol. The lowest BCUT2D eigenvalue weighted by molar-refractivity contribution is 0.0988. The molecule has 0 amide bonds. The van der Waals surface area contributed by atoms with Gasteiger partial charge in [0.05, 0.1) is 0 Å². The van der Waals surface area contributed by atoms with Gasteiger partial charge in [-0.2, -0.15) is 0 Å². The van der Waals surface area contributed by atoms with Crippen LogP contribution in [-0.4, -0.2) is 10.9 Å². The Bertz CT molecular complexity index is 273. The van der Waals surface area contributed by atoms with Crippen LogP contribution in [0.15, 0.2) is 24.3 Å². The Morgan fingerprint density at radius 3 is 1.87 bits per heavy atom. The highest BCUT2D eigenvalue weighted by Crippen LogP contribution is 2.10. The monoisotopic (exact) mass is 208 g/mol. The minimum absolute atomic E-state index is 0.102. The molecule has 1 N–H and O–H groups in total. The van der Waals surface area contributed by atoms with Crippen molar-refractivity contribution in [1.29, 1.82) is 0 Å². The first-order chi connectivity index (χ1) is 7.15. The molecule has 0 bridgehead atoms. The number of carbonyl (C=O) groups is 1. The van der Waals surface area contributed by atoms with Crippen LogP contribution >= 0.6 is 0 Å². The molecule has 0 spiro atoms. The van der Waals surface area contributed by atoms with Gasteiger partial charge in [0.15, 0.2) is 5.78 Å². The quantitative estimate of drug-likeness (QED) is 0.767. The molecular formula is C13H20O2. The van der Waals surface area contributed by atoms with Gasteiger partial charge in [0, 0.05) is 12.0 Å². The average Bonchev–Trinajstić information content (AvgIpc) is 2.29. The van der Waals surface area contributed by atoms with Gasteiger partial charge < -0.3 is 5.11 Å². The van der Waals surface area contributed by atoms with E-state index in [-0.39, 0.29) is 11.5 Å². The van der Waals surface area contributed by atoms with E-state index in [1.165, 1.54) is 25.0 Å². The second-order valence-electron chi connectivity index (χ2n) is 3.32. The highest BCUT2D eigenvalue weighted by molar-refractivity contribution is 5.95. The van der Waals surface area contributed by atoms with Crippen molar-refractivity contribution in [3.05, 3.63) is 29.8 Å². The summed E-state index contributed by atoms with van der Waals surface area (Å²) < 4.78 is 0. The Morgan fingerprint density at radius 2 is 1.53 bits per heavy atom. The second-order valence-corrected chi connectivity index (χ2v) is 3.32. The molecule has 0 heterocycles. The van der Waals surface area contributed by atoms with Crippen LogP contribution in [0.2, 0.25) is 0 Å². The molecule has 0 unspecified atom stereocenters. The predicted octanol–water partition coefficient (Wildman–Crippen LogP) is 3.79. The van der Waals surface area contributed by atoms with Crippen LogP contribution in [0.25, 0.3) is 0 Å². The Hall–Kier alpha value is -1.31. The summed E-state index contributed by atoms with van der Waals surface area (Å²) in [6.45, 7) is 6.18. The van der Waals surface area contributed by atoms with Gasteiger partial charge in [0.1, 0.15) is 5.75 Å². The summed E-state index contributed by atoms with van der Waals surface area (Å²) in [5.74, 6) is 0.294. The number of unbranched alkanes of at least 4 members (excludes halogenated alkanes) is 1. The van der Waals surface area contributed by atoms with Crippen molar-refractivity contribution in [2.75, 3.05) is 0 Å². The van der Waals surface area contributed by atoms with Gasteiger partial charge >= 0.3 is 0 Å². The molecule has 0 saturated heterocycles. The highest BCUT2D eigenvalue weighted by atomic mass is 16.3. The molecule has 0 fully saturated rings. The molecular weight excluding hydrogens is 188 g/mol. The van der Waals surface area contributed by atoms with Crippen molar-refractivity contribution < 1.29 is 9.90 Å². The second kappa shape index (κ2) is 8.04. The van der Waals surface area contributed by atoms with Crippen LogP contribution in [-0.2, 0) is 0 Å². The first-order valence-corrected chi connectivity index (χ1v) is 5.47. The summed E-state index contributed by atoms with van der Waals surface area (Å²) in [7, 11) is 0. The molecule has 84 valence electrons. The smallest absolute Gasteiger partial charge is 0.162 e. The molecule has 0 aliphatic carbocycles. The van der Waals surface area contributed by atoms with E-state index in [1.54, 1.807) is 12.1 Å².